The molecule has 3 aromatic rings. The van der Waals surface area contributed by atoms with Gasteiger partial charge in [0.2, 0.25) is 0 Å². The Bertz CT molecular complexity index is 1150. The summed E-state index contributed by atoms with van der Waals surface area (Å²) in [7, 11) is 0. The van der Waals surface area contributed by atoms with Gasteiger partial charge >= 0.3 is 0 Å². The van der Waals surface area contributed by atoms with E-state index in [9.17, 15) is 4.79 Å². The highest BCUT2D eigenvalue weighted by Gasteiger charge is 2.22. The Labute approximate surface area is 249 Å². The van der Waals surface area contributed by atoms with Crippen LogP contribution in [0.1, 0.15) is 120 Å². The van der Waals surface area contributed by atoms with Crippen molar-refractivity contribution in [2.45, 2.75) is 106 Å². The largest absolute Gasteiger partial charge is 0.399 e. The van der Waals surface area contributed by atoms with Gasteiger partial charge in [0.25, 0.3) is 5.91 Å². The van der Waals surface area contributed by atoms with Gasteiger partial charge in [-0.3, -0.25) is 4.79 Å². The van der Waals surface area contributed by atoms with Gasteiger partial charge in [-0.05, 0) is 86.4 Å². The molecule has 1 aliphatic rings. The van der Waals surface area contributed by atoms with E-state index in [-0.39, 0.29) is 11.9 Å². The number of nitrogens with two attached hydrogens (primary N) is 1. The summed E-state index contributed by atoms with van der Waals surface area (Å²) in [6.45, 7) is 16.9. The number of nitrogens with one attached hydrogen (secondary N) is 1. The highest BCUT2D eigenvalue weighted by molar-refractivity contribution is 5.94. The molecule has 0 radical (unpaired) electrons. The Morgan fingerprint density at radius 2 is 1.54 bits per heavy atom. The number of hydrogen-bond donors (Lipinski definition) is 2. The van der Waals surface area contributed by atoms with Crippen molar-refractivity contribution >= 4 is 11.6 Å². The van der Waals surface area contributed by atoms with Crippen molar-refractivity contribution in [3.8, 4) is 11.1 Å². The molecular formula is C36H54N4O. The van der Waals surface area contributed by atoms with Crippen molar-refractivity contribution in [3.63, 3.8) is 0 Å². The van der Waals surface area contributed by atoms with Gasteiger partial charge in [-0.2, -0.15) is 0 Å². The molecule has 4 rings (SSSR count). The van der Waals surface area contributed by atoms with E-state index >= 15 is 0 Å². The van der Waals surface area contributed by atoms with Gasteiger partial charge in [-0.15, -0.1) is 0 Å². The lowest BCUT2D eigenvalue weighted by Gasteiger charge is -2.30. The Morgan fingerprint density at radius 1 is 0.951 bits per heavy atom. The molecule has 41 heavy (non-hydrogen) atoms. The van der Waals surface area contributed by atoms with E-state index in [0.717, 1.165) is 46.0 Å². The number of nitrogens with zero attached hydrogens (tertiary/aromatic N) is 2. The molecule has 1 saturated carbocycles. The van der Waals surface area contributed by atoms with Crippen LogP contribution in [0.15, 0.2) is 54.6 Å². The van der Waals surface area contributed by atoms with Gasteiger partial charge in [0.15, 0.2) is 0 Å². The maximum absolute atomic E-state index is 12.5. The van der Waals surface area contributed by atoms with Crippen LogP contribution in [0, 0.1) is 31.6 Å². The van der Waals surface area contributed by atoms with Gasteiger partial charge < -0.3 is 11.1 Å². The maximum Gasteiger partial charge on any atom is 0.251 e. The van der Waals surface area contributed by atoms with Crippen LogP contribution < -0.4 is 11.1 Å². The van der Waals surface area contributed by atoms with E-state index in [1.165, 1.54) is 44.9 Å². The van der Waals surface area contributed by atoms with E-state index in [1.54, 1.807) is 0 Å². The van der Waals surface area contributed by atoms with Gasteiger partial charge in [0.05, 0.1) is 11.7 Å². The van der Waals surface area contributed by atoms with Crippen LogP contribution in [0.4, 0.5) is 5.69 Å². The quantitative estimate of drug-likeness (QED) is 0.270. The number of carbonyl (C=O) groups is 1. The molecule has 1 amide bonds. The highest BCUT2D eigenvalue weighted by atomic mass is 16.1. The Hall–Kier alpha value is -3.21. The average molecular weight is 559 g/mol. The van der Waals surface area contributed by atoms with Crippen LogP contribution >= 0.6 is 0 Å². The van der Waals surface area contributed by atoms with E-state index in [1.807, 2.05) is 89.2 Å². The molecule has 224 valence electrons. The number of amides is 1. The van der Waals surface area contributed by atoms with E-state index in [4.69, 9.17) is 5.73 Å². The first-order valence-electron chi connectivity index (χ1n) is 15.7. The molecule has 4 unspecified atom stereocenters. The third-order valence-electron chi connectivity index (χ3n) is 7.94. The predicted molar refractivity (Wildman–Crippen MR) is 175 cm³/mol. The minimum absolute atomic E-state index is 0.129. The second-order valence-corrected chi connectivity index (χ2v) is 11.5. The maximum atomic E-state index is 12.5. The Morgan fingerprint density at radius 3 is 2.10 bits per heavy atom. The number of nitrogen functional groups attached to an aromatic ring is 1. The van der Waals surface area contributed by atoms with E-state index in [2.05, 4.69) is 36.1 Å². The molecule has 1 aromatic heterocycles. The van der Waals surface area contributed by atoms with Gasteiger partial charge in [0.1, 0.15) is 5.82 Å². The number of aromatic nitrogens is 2. The third-order valence-corrected chi connectivity index (χ3v) is 7.94. The molecule has 0 saturated heterocycles. The summed E-state index contributed by atoms with van der Waals surface area (Å²) < 4.78 is 0. The van der Waals surface area contributed by atoms with E-state index in [0.29, 0.717) is 11.4 Å². The standard InChI is InChI=1S/C21H22N4O.C13H26.C2H6/c1-13-12-20(25-15(3)23-13)14(2)24-21(26)18-6-4-16(5-7-18)17-8-10-19(22)11-9-17;1-4-7-11(2)10-13-9-6-5-8-12(13)3;1-2/h4-12,14H,22H2,1-3H3,(H,24,26);11-13H,4-10H2,1-3H3;1-2H3. The van der Waals surface area contributed by atoms with Crippen LogP contribution in [0.2, 0.25) is 0 Å². The van der Waals surface area contributed by atoms with Crippen LogP contribution in [0.3, 0.4) is 0 Å². The van der Waals surface area contributed by atoms with Gasteiger partial charge in [-0.25, -0.2) is 9.97 Å². The minimum atomic E-state index is -0.195. The molecule has 3 N–H and O–H groups in total. The number of anilines is 1. The molecular weight excluding hydrogens is 504 g/mol. The second kappa shape index (κ2) is 17.6. The van der Waals surface area contributed by atoms with Crippen molar-refractivity contribution in [3.05, 3.63) is 77.4 Å². The van der Waals surface area contributed by atoms with Crippen LogP contribution in [-0.2, 0) is 0 Å². The zero-order valence-electron chi connectivity index (χ0n) is 26.8. The van der Waals surface area contributed by atoms with Crippen LogP contribution in [-0.4, -0.2) is 15.9 Å². The van der Waals surface area contributed by atoms with Crippen molar-refractivity contribution in [2.75, 3.05) is 5.73 Å². The fourth-order valence-corrected chi connectivity index (χ4v) is 5.68. The fraction of sp³-hybridized carbons (Fsp3) is 0.528. The number of carbonyl (C=O) groups excluding carboxylic acids is 1. The first-order valence-corrected chi connectivity index (χ1v) is 15.7. The SMILES string of the molecule is CC.CCCC(C)CC1CCCCC1C.Cc1cc(C(C)NC(=O)c2ccc(-c3ccc(N)cc3)cc2)nc(C)n1. The van der Waals surface area contributed by atoms with Gasteiger partial charge in [0, 0.05) is 16.9 Å². The van der Waals surface area contributed by atoms with Crippen LogP contribution in [0.5, 0.6) is 0 Å². The fourth-order valence-electron chi connectivity index (χ4n) is 5.68. The highest BCUT2D eigenvalue weighted by Crippen LogP contribution is 2.34. The molecule has 1 heterocycles. The lowest BCUT2D eigenvalue weighted by atomic mass is 9.75. The lowest BCUT2D eigenvalue weighted by Crippen LogP contribution is -2.27. The monoisotopic (exact) mass is 558 g/mol. The Balaban J connectivity index is 0.000000330. The minimum Gasteiger partial charge on any atom is -0.399 e. The molecule has 0 spiro atoms. The zero-order valence-corrected chi connectivity index (χ0v) is 26.8. The average Bonchev–Trinajstić information content (AvgIpc) is 2.96. The second-order valence-electron chi connectivity index (χ2n) is 11.5. The smallest absolute Gasteiger partial charge is 0.251 e. The van der Waals surface area contributed by atoms with Gasteiger partial charge in [-0.1, -0.05) is 97.4 Å². The summed E-state index contributed by atoms with van der Waals surface area (Å²) in [5.74, 6) is 3.60. The van der Waals surface area contributed by atoms with Crippen molar-refractivity contribution in [2.24, 2.45) is 17.8 Å². The number of benzene rings is 2. The molecule has 4 atom stereocenters. The topological polar surface area (TPSA) is 80.9 Å². The normalized spacial score (nSPS) is 17.7. The molecule has 5 heteroatoms. The number of hydrogen-bond acceptors (Lipinski definition) is 4. The number of rotatable bonds is 8. The summed E-state index contributed by atoms with van der Waals surface area (Å²) >= 11 is 0. The summed E-state index contributed by atoms with van der Waals surface area (Å²) in [6.07, 6.45) is 10.3. The first kappa shape index (κ1) is 34.0. The Kier molecular flexibility index (Phi) is 14.6. The van der Waals surface area contributed by atoms with Crippen LogP contribution in [0.25, 0.3) is 11.1 Å². The van der Waals surface area contributed by atoms with Crippen molar-refractivity contribution in [1.29, 1.82) is 0 Å². The molecule has 1 aliphatic carbocycles. The van der Waals surface area contributed by atoms with E-state index < -0.39 is 0 Å². The summed E-state index contributed by atoms with van der Waals surface area (Å²) in [5, 5.41) is 2.99. The summed E-state index contributed by atoms with van der Waals surface area (Å²) in [6, 6.07) is 16.9. The summed E-state index contributed by atoms with van der Waals surface area (Å²) in [4.78, 5) is 21.2. The molecule has 2 aromatic carbocycles. The van der Waals surface area contributed by atoms with Crippen molar-refractivity contribution in [1.82, 2.24) is 15.3 Å². The molecule has 5 nitrogen and oxygen atoms in total. The molecule has 0 aliphatic heterocycles. The lowest BCUT2D eigenvalue weighted by molar-refractivity contribution is 0.0939. The third kappa shape index (κ3) is 11.3. The predicted octanol–water partition coefficient (Wildman–Crippen LogP) is 9.50. The number of aryl methyl sites for hydroxylation is 2. The van der Waals surface area contributed by atoms with Crippen molar-refractivity contribution < 1.29 is 4.79 Å². The molecule has 1 fully saturated rings. The molecule has 0 bridgehead atoms. The first-order chi connectivity index (χ1) is 19.7. The zero-order chi connectivity index (χ0) is 30.4. The summed E-state index contributed by atoms with van der Waals surface area (Å²) in [5.41, 5.74) is 10.9.